The van der Waals surface area contributed by atoms with E-state index in [1.54, 1.807) is 6.20 Å². The van der Waals surface area contributed by atoms with Crippen LogP contribution in [0.2, 0.25) is 5.15 Å². The Morgan fingerprint density at radius 2 is 2.43 bits per heavy atom. The first-order valence-electron chi connectivity index (χ1n) is 3.73. The maximum Gasteiger partial charge on any atom is 0.269 e. The van der Waals surface area contributed by atoms with Crippen molar-refractivity contribution in [3.8, 4) is 0 Å². The van der Waals surface area contributed by atoms with Crippen LogP contribution in [0.1, 0.15) is 10.4 Å². The zero-order chi connectivity index (χ0) is 10.1. The molecule has 0 atom stereocenters. The lowest BCUT2D eigenvalue weighted by molar-refractivity contribution is 0.0954. The number of fused-ring (bicyclic) bond motifs is 1. The van der Waals surface area contributed by atoms with Crippen LogP contribution < -0.4 is 11.3 Å². The smallest absolute Gasteiger partial charge is 0.269 e. The summed E-state index contributed by atoms with van der Waals surface area (Å²) in [5, 5.41) is 4.11. The van der Waals surface area contributed by atoms with E-state index in [0.29, 0.717) is 5.65 Å². The van der Waals surface area contributed by atoms with Crippen molar-refractivity contribution in [2.75, 3.05) is 0 Å². The molecule has 2 aromatic rings. The molecule has 7 heteroatoms. The first kappa shape index (κ1) is 8.92. The molecule has 0 unspecified atom stereocenters. The van der Waals surface area contributed by atoms with Crippen molar-refractivity contribution in [2.45, 2.75) is 0 Å². The molecule has 0 bridgehead atoms. The largest absolute Gasteiger partial charge is 0.290 e. The van der Waals surface area contributed by atoms with E-state index in [4.69, 9.17) is 17.4 Å². The van der Waals surface area contributed by atoms with E-state index in [9.17, 15) is 4.79 Å². The third kappa shape index (κ3) is 1.30. The molecule has 0 aliphatic carbocycles. The molecular weight excluding hydrogens is 206 g/mol. The number of amides is 1. The lowest BCUT2D eigenvalue weighted by atomic mass is 10.3. The van der Waals surface area contributed by atoms with Crippen LogP contribution in [0.5, 0.6) is 0 Å². The summed E-state index contributed by atoms with van der Waals surface area (Å²) in [6, 6.07) is 1.41. The van der Waals surface area contributed by atoms with Gasteiger partial charge in [0.25, 0.3) is 5.91 Å². The van der Waals surface area contributed by atoms with Gasteiger partial charge in [-0.1, -0.05) is 11.6 Å². The fraction of sp³-hybridized carbons (Fsp3) is 0. The number of hydrazine groups is 1. The summed E-state index contributed by atoms with van der Waals surface area (Å²) < 4.78 is 1.41. The number of nitrogens with zero attached hydrogens (tertiary/aromatic N) is 3. The summed E-state index contributed by atoms with van der Waals surface area (Å²) >= 11 is 5.70. The van der Waals surface area contributed by atoms with Gasteiger partial charge in [0.1, 0.15) is 0 Å². The predicted molar refractivity (Wildman–Crippen MR) is 49.7 cm³/mol. The molecule has 0 aliphatic rings. The van der Waals surface area contributed by atoms with Crippen molar-refractivity contribution >= 4 is 23.2 Å². The number of imidazole rings is 1. The molecule has 0 saturated carbocycles. The number of carbonyl (C=O) groups excluding carboxylic acids is 1. The first-order valence-corrected chi connectivity index (χ1v) is 4.11. The molecule has 0 saturated heterocycles. The van der Waals surface area contributed by atoms with E-state index in [2.05, 4.69) is 10.1 Å². The number of hydrogen-bond acceptors (Lipinski definition) is 4. The molecule has 0 aromatic carbocycles. The minimum Gasteiger partial charge on any atom is -0.290 e. The van der Waals surface area contributed by atoms with E-state index in [1.165, 1.54) is 16.8 Å². The number of carbonyl (C=O) groups is 1. The van der Waals surface area contributed by atoms with Crippen LogP contribution in [0.25, 0.3) is 5.65 Å². The van der Waals surface area contributed by atoms with Gasteiger partial charge in [-0.2, -0.15) is 5.10 Å². The molecule has 6 nitrogen and oxygen atoms in total. The zero-order valence-corrected chi connectivity index (χ0v) is 7.69. The third-order valence-electron chi connectivity index (χ3n) is 1.71. The molecule has 14 heavy (non-hydrogen) atoms. The topological polar surface area (TPSA) is 85.3 Å². The molecule has 0 spiro atoms. The van der Waals surface area contributed by atoms with Gasteiger partial charge in [0.2, 0.25) is 0 Å². The summed E-state index contributed by atoms with van der Waals surface area (Å²) in [5.74, 6) is 4.56. The molecule has 0 radical (unpaired) electrons. The van der Waals surface area contributed by atoms with Crippen LogP contribution in [0.3, 0.4) is 0 Å². The Balaban J connectivity index is 2.72. The second-order valence-corrected chi connectivity index (χ2v) is 2.94. The van der Waals surface area contributed by atoms with Gasteiger partial charge >= 0.3 is 0 Å². The monoisotopic (exact) mass is 211 g/mol. The Kier molecular flexibility index (Phi) is 2.06. The van der Waals surface area contributed by atoms with Gasteiger partial charge < -0.3 is 0 Å². The lowest BCUT2D eigenvalue weighted by Crippen LogP contribution is -2.30. The summed E-state index contributed by atoms with van der Waals surface area (Å²) in [6.45, 7) is 0. The second kappa shape index (κ2) is 3.24. The lowest BCUT2D eigenvalue weighted by Gasteiger charge is -2.01. The fourth-order valence-electron chi connectivity index (χ4n) is 1.13. The number of halogens is 1. The van der Waals surface area contributed by atoms with Crippen molar-refractivity contribution < 1.29 is 4.79 Å². The highest BCUT2D eigenvalue weighted by Crippen LogP contribution is 2.12. The number of rotatable bonds is 1. The fourth-order valence-corrected chi connectivity index (χ4v) is 1.32. The number of nitrogens with one attached hydrogen (secondary N) is 1. The Hall–Kier alpha value is -1.66. The highest BCUT2D eigenvalue weighted by Gasteiger charge is 2.12. The highest BCUT2D eigenvalue weighted by atomic mass is 35.5. The molecule has 2 heterocycles. The van der Waals surface area contributed by atoms with Crippen molar-refractivity contribution in [1.29, 1.82) is 0 Å². The van der Waals surface area contributed by atoms with Crippen molar-refractivity contribution in [3.05, 3.63) is 29.2 Å². The first-order chi connectivity index (χ1) is 6.72. The van der Waals surface area contributed by atoms with Crippen molar-refractivity contribution in [2.24, 2.45) is 5.84 Å². The van der Waals surface area contributed by atoms with Gasteiger partial charge in [-0.25, -0.2) is 15.3 Å². The Morgan fingerprint density at radius 3 is 3.14 bits per heavy atom. The Morgan fingerprint density at radius 1 is 1.64 bits per heavy atom. The van der Waals surface area contributed by atoms with E-state index < -0.39 is 5.91 Å². The molecule has 1 amide bonds. The number of nitrogen functional groups attached to an aromatic ring is 1. The van der Waals surface area contributed by atoms with E-state index in [-0.39, 0.29) is 10.7 Å². The van der Waals surface area contributed by atoms with Gasteiger partial charge in [0.05, 0.1) is 5.56 Å². The number of nitrogens with two attached hydrogens (primary N) is 1. The number of aromatic nitrogens is 3. The van der Waals surface area contributed by atoms with E-state index in [1.807, 2.05) is 5.43 Å². The average Bonchev–Trinajstić information content (AvgIpc) is 2.62. The molecule has 2 rings (SSSR count). The summed E-state index contributed by atoms with van der Waals surface area (Å²) in [7, 11) is 0. The normalized spacial score (nSPS) is 10.4. The molecule has 72 valence electrons. The van der Waals surface area contributed by atoms with Gasteiger partial charge in [-0.3, -0.25) is 10.2 Å². The van der Waals surface area contributed by atoms with Crippen LogP contribution in [-0.4, -0.2) is 20.5 Å². The SMILES string of the molecule is NNC(=O)c1cc(Cl)nn2ccnc12. The number of hydrogen-bond donors (Lipinski definition) is 2. The standard InChI is InChI=1S/C7H6ClN5O/c8-5-3-4(7(14)11-9)6-10-1-2-13(6)12-5/h1-3H,9H2,(H,11,14). The van der Waals surface area contributed by atoms with Gasteiger partial charge in [0.15, 0.2) is 10.8 Å². The van der Waals surface area contributed by atoms with Crippen molar-refractivity contribution in [1.82, 2.24) is 20.0 Å². The Bertz CT molecular complexity index is 494. The van der Waals surface area contributed by atoms with Crippen LogP contribution in [0.4, 0.5) is 0 Å². The average molecular weight is 212 g/mol. The third-order valence-corrected chi connectivity index (χ3v) is 1.89. The summed E-state index contributed by atoms with van der Waals surface area (Å²) in [6.07, 6.45) is 3.11. The van der Waals surface area contributed by atoms with Crippen LogP contribution >= 0.6 is 11.6 Å². The molecule has 0 aliphatic heterocycles. The van der Waals surface area contributed by atoms with Crippen molar-refractivity contribution in [3.63, 3.8) is 0 Å². The zero-order valence-electron chi connectivity index (χ0n) is 6.94. The Labute approximate surface area is 83.6 Å². The van der Waals surface area contributed by atoms with Crippen LogP contribution in [-0.2, 0) is 0 Å². The summed E-state index contributed by atoms with van der Waals surface area (Å²) in [4.78, 5) is 15.3. The quantitative estimate of drug-likeness (QED) is 0.395. The summed E-state index contributed by atoms with van der Waals surface area (Å²) in [5.41, 5.74) is 2.72. The van der Waals surface area contributed by atoms with E-state index >= 15 is 0 Å². The second-order valence-electron chi connectivity index (χ2n) is 2.55. The van der Waals surface area contributed by atoms with E-state index in [0.717, 1.165) is 0 Å². The van der Waals surface area contributed by atoms with Crippen LogP contribution in [0.15, 0.2) is 18.5 Å². The van der Waals surface area contributed by atoms with Gasteiger partial charge in [-0.15, -0.1) is 0 Å². The van der Waals surface area contributed by atoms with Gasteiger partial charge in [0, 0.05) is 12.4 Å². The van der Waals surface area contributed by atoms with Gasteiger partial charge in [-0.05, 0) is 6.07 Å². The minimum absolute atomic E-state index is 0.203. The molecule has 0 fully saturated rings. The molecule has 2 aromatic heterocycles. The predicted octanol–water partition coefficient (Wildman–Crippen LogP) is -0.0138. The molecule has 3 N–H and O–H groups in total. The molecular formula is C7H6ClN5O. The highest BCUT2D eigenvalue weighted by molar-refractivity contribution is 6.29. The maximum atomic E-state index is 11.3. The van der Waals surface area contributed by atoms with Crippen LogP contribution in [0, 0.1) is 0 Å². The minimum atomic E-state index is -0.453. The maximum absolute atomic E-state index is 11.3.